The topological polar surface area (TPSA) is 109 Å². The number of amides is 1. The van der Waals surface area contributed by atoms with Gasteiger partial charge in [0.2, 0.25) is 5.95 Å². The van der Waals surface area contributed by atoms with Gasteiger partial charge in [0.05, 0.1) is 23.4 Å². The van der Waals surface area contributed by atoms with Gasteiger partial charge in [-0.1, -0.05) is 20.8 Å². The van der Waals surface area contributed by atoms with Crippen molar-refractivity contribution >= 4 is 28.4 Å². The molecular formula is C24H29N7O2. The monoisotopic (exact) mass is 447 g/mol. The summed E-state index contributed by atoms with van der Waals surface area (Å²) in [5.41, 5.74) is 4.02. The van der Waals surface area contributed by atoms with Gasteiger partial charge < -0.3 is 20.4 Å². The molecule has 172 valence electrons. The summed E-state index contributed by atoms with van der Waals surface area (Å²) in [6.45, 7) is 6.85. The Hall–Kier alpha value is -3.46. The zero-order chi connectivity index (χ0) is 23.2. The van der Waals surface area contributed by atoms with Gasteiger partial charge in [-0.25, -0.2) is 9.50 Å². The third-order valence-electron chi connectivity index (χ3n) is 6.05. The lowest BCUT2D eigenvalue weighted by molar-refractivity contribution is 0.0327. The highest BCUT2D eigenvalue weighted by atomic mass is 16.5. The number of pyridine rings is 1. The first-order valence-corrected chi connectivity index (χ1v) is 11.2. The van der Waals surface area contributed by atoms with Gasteiger partial charge in [0, 0.05) is 49.2 Å². The number of anilines is 1. The maximum Gasteiger partial charge on any atom is 0.255 e. The van der Waals surface area contributed by atoms with E-state index in [-0.39, 0.29) is 11.3 Å². The number of nitrogens with zero attached hydrogens (tertiary/aromatic N) is 4. The smallest absolute Gasteiger partial charge is 0.255 e. The van der Waals surface area contributed by atoms with Crippen LogP contribution in [0.5, 0.6) is 0 Å². The number of nitrogens with one attached hydrogen (secondary N) is 3. The molecule has 0 unspecified atom stereocenters. The van der Waals surface area contributed by atoms with Crippen molar-refractivity contribution in [3.05, 3.63) is 42.5 Å². The summed E-state index contributed by atoms with van der Waals surface area (Å²) in [6, 6.07) is 4.30. The van der Waals surface area contributed by atoms with Gasteiger partial charge in [-0.2, -0.15) is 10.1 Å². The molecule has 1 saturated carbocycles. The lowest BCUT2D eigenvalue weighted by Gasteiger charge is -2.34. The van der Waals surface area contributed by atoms with E-state index in [1.165, 1.54) is 0 Å². The zero-order valence-corrected chi connectivity index (χ0v) is 19.3. The molecule has 0 bridgehead atoms. The van der Waals surface area contributed by atoms with Crippen LogP contribution in [0.1, 0.15) is 44.0 Å². The summed E-state index contributed by atoms with van der Waals surface area (Å²) >= 11 is 0. The van der Waals surface area contributed by atoms with E-state index in [0.29, 0.717) is 30.2 Å². The molecule has 1 fully saturated rings. The fourth-order valence-corrected chi connectivity index (χ4v) is 4.04. The lowest BCUT2D eigenvalue weighted by atomic mass is 9.89. The van der Waals surface area contributed by atoms with Crippen LogP contribution in [-0.4, -0.2) is 56.3 Å². The molecule has 0 saturated heterocycles. The number of aromatic amines is 1. The van der Waals surface area contributed by atoms with Crippen molar-refractivity contribution in [2.45, 2.75) is 45.8 Å². The van der Waals surface area contributed by atoms with Crippen molar-refractivity contribution in [2.75, 3.05) is 19.0 Å². The van der Waals surface area contributed by atoms with Crippen LogP contribution in [0.3, 0.4) is 0 Å². The molecule has 9 nitrogen and oxygen atoms in total. The van der Waals surface area contributed by atoms with E-state index < -0.39 is 0 Å². The van der Waals surface area contributed by atoms with Crippen molar-refractivity contribution in [3.63, 3.8) is 0 Å². The van der Waals surface area contributed by atoms with Crippen molar-refractivity contribution < 1.29 is 9.53 Å². The molecule has 0 radical (unpaired) electrons. The highest BCUT2D eigenvalue weighted by Crippen LogP contribution is 2.30. The average Bonchev–Trinajstić information content (AvgIpc) is 3.37. The molecule has 5 rings (SSSR count). The van der Waals surface area contributed by atoms with Gasteiger partial charge in [0.25, 0.3) is 5.91 Å². The summed E-state index contributed by atoms with van der Waals surface area (Å²) in [5.74, 6) is 0.487. The molecule has 0 spiro atoms. The van der Waals surface area contributed by atoms with Gasteiger partial charge in [-0.15, -0.1) is 0 Å². The molecule has 4 heterocycles. The summed E-state index contributed by atoms with van der Waals surface area (Å²) < 4.78 is 7.05. The molecule has 0 aromatic carbocycles. The Kier molecular flexibility index (Phi) is 5.28. The highest BCUT2D eigenvalue weighted by Gasteiger charge is 2.29. The zero-order valence-electron chi connectivity index (χ0n) is 19.3. The van der Waals surface area contributed by atoms with E-state index in [1.807, 2.05) is 30.7 Å². The summed E-state index contributed by atoms with van der Waals surface area (Å²) in [4.78, 5) is 25.2. The Labute approximate surface area is 192 Å². The maximum atomic E-state index is 12.8. The van der Waals surface area contributed by atoms with Crippen LogP contribution in [0.25, 0.3) is 27.7 Å². The molecule has 1 aliphatic rings. The largest absolute Gasteiger partial charge is 0.381 e. The minimum Gasteiger partial charge on any atom is -0.381 e. The number of carbonyl (C=O) groups is 1. The summed E-state index contributed by atoms with van der Waals surface area (Å²) in [5, 5.41) is 11.6. The second-order valence-corrected chi connectivity index (χ2v) is 9.88. The van der Waals surface area contributed by atoms with Gasteiger partial charge in [-0.3, -0.25) is 4.79 Å². The molecule has 1 aliphatic carbocycles. The van der Waals surface area contributed by atoms with Crippen LogP contribution in [0, 0.1) is 5.41 Å². The maximum absolute atomic E-state index is 12.8. The third kappa shape index (κ3) is 4.28. The first kappa shape index (κ1) is 21.4. The molecule has 4 aromatic rings. The minimum absolute atomic E-state index is 0.00561. The molecule has 33 heavy (non-hydrogen) atoms. The average molecular weight is 448 g/mol. The van der Waals surface area contributed by atoms with E-state index in [2.05, 4.69) is 51.5 Å². The Morgan fingerprint density at radius 2 is 2.12 bits per heavy atom. The Balaban J connectivity index is 1.40. The molecule has 0 atom stereocenters. The Bertz CT molecular complexity index is 1310. The second kappa shape index (κ2) is 8.15. The first-order valence-electron chi connectivity index (χ1n) is 11.2. The van der Waals surface area contributed by atoms with E-state index in [9.17, 15) is 4.79 Å². The number of H-pyrrole nitrogens is 1. The number of fused-ring (bicyclic) bond motifs is 2. The number of methoxy groups -OCH3 is 1. The Morgan fingerprint density at radius 1 is 1.30 bits per heavy atom. The van der Waals surface area contributed by atoms with Gasteiger partial charge >= 0.3 is 0 Å². The summed E-state index contributed by atoms with van der Waals surface area (Å²) in [7, 11) is 1.74. The molecule has 9 heteroatoms. The lowest BCUT2D eigenvalue weighted by Crippen LogP contribution is -2.40. The number of hydrogen-bond donors (Lipinski definition) is 3. The highest BCUT2D eigenvalue weighted by molar-refractivity contribution is 6.02. The SMILES string of the molecule is COC1CC(Nc2ncc3c(-c4ccn5ncc(C(=O)NCC(C)(C)C)c5c4)c[nH]c3n2)C1. The fraction of sp³-hybridized carbons (Fsp3) is 0.417. The second-order valence-electron chi connectivity index (χ2n) is 9.88. The van der Waals surface area contributed by atoms with Crippen LogP contribution >= 0.6 is 0 Å². The van der Waals surface area contributed by atoms with Gasteiger partial charge in [-0.05, 0) is 36.0 Å². The normalized spacial score (nSPS) is 18.4. The fourth-order valence-electron chi connectivity index (χ4n) is 4.04. The predicted octanol–water partition coefficient (Wildman–Crippen LogP) is 3.64. The first-order chi connectivity index (χ1) is 15.8. The quantitative estimate of drug-likeness (QED) is 0.416. The number of ether oxygens (including phenoxy) is 1. The van der Waals surface area contributed by atoms with Crippen LogP contribution in [0.4, 0.5) is 5.95 Å². The Morgan fingerprint density at radius 3 is 2.88 bits per heavy atom. The predicted molar refractivity (Wildman–Crippen MR) is 127 cm³/mol. The van der Waals surface area contributed by atoms with Gasteiger partial charge in [0.15, 0.2) is 0 Å². The van der Waals surface area contributed by atoms with Crippen LogP contribution < -0.4 is 10.6 Å². The van der Waals surface area contributed by atoms with Gasteiger partial charge in [0.1, 0.15) is 5.65 Å². The van der Waals surface area contributed by atoms with Crippen LogP contribution in [-0.2, 0) is 4.74 Å². The van der Waals surface area contributed by atoms with Crippen molar-refractivity contribution in [3.8, 4) is 11.1 Å². The molecule has 4 aromatic heterocycles. The van der Waals surface area contributed by atoms with Crippen molar-refractivity contribution in [2.24, 2.45) is 5.41 Å². The van der Waals surface area contributed by atoms with E-state index in [4.69, 9.17) is 4.74 Å². The number of hydrogen-bond acceptors (Lipinski definition) is 6. The van der Waals surface area contributed by atoms with E-state index >= 15 is 0 Å². The minimum atomic E-state index is -0.123. The number of aromatic nitrogens is 5. The number of carbonyl (C=O) groups excluding carboxylic acids is 1. The molecule has 0 aliphatic heterocycles. The van der Waals surface area contributed by atoms with Crippen LogP contribution in [0.2, 0.25) is 0 Å². The standard InChI is InChI=1S/C24H29N7O2/c1-24(2,3)13-27-22(32)19-12-28-31-6-5-14(7-20(19)31)17-10-25-21-18(17)11-26-23(30-21)29-15-8-16(9-15)33-4/h5-7,10-12,15-16H,8-9,13H2,1-4H3,(H,27,32)(H2,25,26,29,30). The third-order valence-corrected chi connectivity index (χ3v) is 6.05. The molecular weight excluding hydrogens is 418 g/mol. The van der Waals surface area contributed by atoms with E-state index in [0.717, 1.165) is 40.5 Å². The number of rotatable bonds is 6. The van der Waals surface area contributed by atoms with Crippen molar-refractivity contribution in [1.29, 1.82) is 0 Å². The summed E-state index contributed by atoms with van der Waals surface area (Å²) in [6.07, 6.45) is 9.49. The van der Waals surface area contributed by atoms with Crippen molar-refractivity contribution in [1.82, 2.24) is 29.9 Å². The molecule has 3 N–H and O–H groups in total. The van der Waals surface area contributed by atoms with Crippen LogP contribution in [0.15, 0.2) is 36.9 Å². The van der Waals surface area contributed by atoms with E-state index in [1.54, 1.807) is 17.8 Å². The molecule has 1 amide bonds.